The summed E-state index contributed by atoms with van der Waals surface area (Å²) in [5.41, 5.74) is 4.69. The Bertz CT molecular complexity index is 511. The van der Waals surface area contributed by atoms with Crippen molar-refractivity contribution in [1.82, 2.24) is 5.64 Å². The maximum Gasteiger partial charge on any atom is 0.150 e. The lowest BCUT2D eigenvalue weighted by Gasteiger charge is -2.21. The number of nitrogens with one attached hydrogen (secondary N) is 2. The number of rotatable bonds is 5. The van der Waals surface area contributed by atoms with Crippen molar-refractivity contribution in [2.45, 2.75) is 6.92 Å². The van der Waals surface area contributed by atoms with Crippen LogP contribution in [0.4, 0.5) is 11.4 Å². The van der Waals surface area contributed by atoms with Gasteiger partial charge in [-0.05, 0) is 24.7 Å². The highest BCUT2D eigenvalue weighted by molar-refractivity contribution is 5.41. The van der Waals surface area contributed by atoms with Gasteiger partial charge < -0.3 is 15.1 Å². The van der Waals surface area contributed by atoms with Gasteiger partial charge in [0.05, 0.1) is 7.11 Å². The summed E-state index contributed by atoms with van der Waals surface area (Å²) in [6, 6.07) is 14.3. The SMILES string of the molecule is CONOc1ccc([NH+]([O-])c2ccc(C)cc2)cc1. The van der Waals surface area contributed by atoms with Gasteiger partial charge in [-0.25, -0.2) is 0 Å². The number of benzene rings is 2. The van der Waals surface area contributed by atoms with Crippen molar-refractivity contribution in [2.24, 2.45) is 0 Å². The molecule has 0 aliphatic rings. The number of hydrogen-bond acceptors (Lipinski definition) is 4. The molecule has 100 valence electrons. The van der Waals surface area contributed by atoms with Gasteiger partial charge in [0, 0.05) is 24.3 Å². The van der Waals surface area contributed by atoms with Gasteiger partial charge in [0.1, 0.15) is 11.4 Å². The van der Waals surface area contributed by atoms with Crippen molar-refractivity contribution in [3.05, 3.63) is 59.3 Å². The Labute approximate surface area is 111 Å². The Morgan fingerprint density at radius 2 is 1.47 bits per heavy atom. The van der Waals surface area contributed by atoms with Crippen LogP contribution in [-0.2, 0) is 4.84 Å². The van der Waals surface area contributed by atoms with Crippen LogP contribution in [0, 0.1) is 12.1 Å². The van der Waals surface area contributed by atoms with E-state index in [9.17, 15) is 5.21 Å². The quantitative estimate of drug-likeness (QED) is 0.805. The van der Waals surface area contributed by atoms with Gasteiger partial charge in [-0.15, -0.1) is 0 Å². The summed E-state index contributed by atoms with van der Waals surface area (Å²) in [7, 11) is 1.45. The average Bonchev–Trinajstić information content (AvgIpc) is 2.46. The second-order valence-corrected chi connectivity index (χ2v) is 4.11. The Hall–Kier alpha value is -1.92. The van der Waals surface area contributed by atoms with E-state index in [4.69, 9.17) is 4.84 Å². The topological polar surface area (TPSA) is 58.0 Å². The number of aryl methyl sites for hydroxylation is 1. The van der Waals surface area contributed by atoms with Crippen LogP contribution in [0.3, 0.4) is 0 Å². The van der Waals surface area contributed by atoms with Crippen LogP contribution in [0.1, 0.15) is 5.56 Å². The van der Waals surface area contributed by atoms with Gasteiger partial charge in [0.2, 0.25) is 0 Å². The van der Waals surface area contributed by atoms with Crippen LogP contribution in [0.15, 0.2) is 48.5 Å². The van der Waals surface area contributed by atoms with Crippen LogP contribution in [0.2, 0.25) is 0 Å². The van der Waals surface area contributed by atoms with Gasteiger partial charge >= 0.3 is 0 Å². The molecule has 1 unspecified atom stereocenters. The smallest absolute Gasteiger partial charge is 0.150 e. The number of quaternary nitrogens is 1. The van der Waals surface area contributed by atoms with Crippen molar-refractivity contribution in [3.8, 4) is 5.75 Å². The molecular formula is C14H16N2O3. The van der Waals surface area contributed by atoms with E-state index >= 15 is 0 Å². The lowest BCUT2D eigenvalue weighted by molar-refractivity contribution is -0.698. The summed E-state index contributed by atoms with van der Waals surface area (Å²) >= 11 is 0. The molecule has 1 atom stereocenters. The second-order valence-electron chi connectivity index (χ2n) is 4.11. The molecule has 0 amide bonds. The largest absolute Gasteiger partial charge is 0.623 e. The molecule has 0 radical (unpaired) electrons. The summed E-state index contributed by atoms with van der Waals surface area (Å²) in [5.74, 6) is 0.572. The Morgan fingerprint density at radius 1 is 0.947 bits per heavy atom. The minimum absolute atomic E-state index is 0.00810. The van der Waals surface area contributed by atoms with Gasteiger partial charge in [-0.2, -0.15) is 0 Å². The van der Waals surface area contributed by atoms with Crippen molar-refractivity contribution in [1.29, 1.82) is 0 Å². The summed E-state index contributed by atoms with van der Waals surface area (Å²) in [5, 5.41) is 12.2. The first kappa shape index (κ1) is 13.5. The minimum Gasteiger partial charge on any atom is -0.623 e. The molecule has 0 saturated heterocycles. The van der Waals surface area contributed by atoms with Gasteiger partial charge in [-0.1, -0.05) is 17.7 Å². The van der Waals surface area contributed by atoms with Crippen LogP contribution in [0.25, 0.3) is 0 Å². The maximum atomic E-state index is 12.2. The molecule has 5 nitrogen and oxygen atoms in total. The normalized spacial score (nSPS) is 12.2. The highest BCUT2D eigenvalue weighted by Crippen LogP contribution is 2.14. The molecule has 0 saturated carbocycles. The summed E-state index contributed by atoms with van der Waals surface area (Å²) in [6.45, 7) is 1.99. The molecule has 0 heterocycles. The van der Waals surface area contributed by atoms with Gasteiger partial charge in [-0.3, -0.25) is 4.84 Å². The van der Waals surface area contributed by atoms with Crippen molar-refractivity contribution < 1.29 is 14.7 Å². The lowest BCUT2D eigenvalue weighted by atomic mass is 10.2. The summed E-state index contributed by atoms with van der Waals surface area (Å²) in [4.78, 5) is 9.59. The molecule has 0 aliphatic carbocycles. The molecule has 5 heteroatoms. The lowest BCUT2D eigenvalue weighted by Crippen LogP contribution is -2.96. The molecule has 2 aromatic rings. The van der Waals surface area contributed by atoms with E-state index in [-0.39, 0.29) is 5.06 Å². The number of hydrogen-bond donors (Lipinski definition) is 2. The Balaban J connectivity index is 2.10. The molecule has 0 spiro atoms. The minimum atomic E-state index is -0.00810. The standard InChI is InChI=1S/C14H16N2O3/c1-11-3-5-12(6-4-11)16(17)13-7-9-14(10-8-13)19-15-18-2/h3-10,15-16H,1-2H3. The van der Waals surface area contributed by atoms with Gasteiger partial charge in [0.25, 0.3) is 0 Å². The van der Waals surface area contributed by atoms with Crippen LogP contribution in [-0.4, -0.2) is 7.11 Å². The Kier molecular flexibility index (Phi) is 4.48. The summed E-state index contributed by atoms with van der Waals surface area (Å²) in [6.07, 6.45) is 0. The highest BCUT2D eigenvalue weighted by atomic mass is 16.9. The first-order valence-corrected chi connectivity index (χ1v) is 5.87. The van der Waals surface area contributed by atoms with Crippen LogP contribution < -0.4 is 15.5 Å². The molecule has 0 bridgehead atoms. The van der Waals surface area contributed by atoms with E-state index in [1.807, 2.05) is 31.2 Å². The fourth-order valence-corrected chi connectivity index (χ4v) is 1.64. The molecule has 19 heavy (non-hydrogen) atoms. The predicted octanol–water partition coefficient (Wildman–Crippen LogP) is 1.79. The van der Waals surface area contributed by atoms with E-state index in [1.54, 1.807) is 24.3 Å². The molecule has 0 aromatic heterocycles. The van der Waals surface area contributed by atoms with E-state index in [2.05, 4.69) is 10.5 Å². The molecule has 2 N–H and O–H groups in total. The van der Waals surface area contributed by atoms with E-state index in [1.165, 1.54) is 7.11 Å². The third-order valence-electron chi connectivity index (χ3n) is 2.67. The first-order valence-electron chi connectivity index (χ1n) is 5.87. The second kappa shape index (κ2) is 6.31. The van der Waals surface area contributed by atoms with E-state index in [0.717, 1.165) is 5.56 Å². The zero-order valence-corrected chi connectivity index (χ0v) is 10.8. The third kappa shape index (κ3) is 3.52. The summed E-state index contributed by atoms with van der Waals surface area (Å²) < 4.78 is 0. The van der Waals surface area contributed by atoms with Crippen molar-refractivity contribution >= 4 is 11.4 Å². The maximum absolute atomic E-state index is 12.2. The van der Waals surface area contributed by atoms with Crippen molar-refractivity contribution in [2.75, 3.05) is 7.11 Å². The molecule has 2 aromatic carbocycles. The van der Waals surface area contributed by atoms with E-state index in [0.29, 0.717) is 17.1 Å². The molecule has 2 rings (SSSR count). The average molecular weight is 260 g/mol. The molecule has 0 fully saturated rings. The molecule has 0 aliphatic heterocycles. The van der Waals surface area contributed by atoms with Crippen LogP contribution >= 0.6 is 0 Å². The van der Waals surface area contributed by atoms with E-state index < -0.39 is 0 Å². The zero-order valence-electron chi connectivity index (χ0n) is 10.8. The van der Waals surface area contributed by atoms with Crippen molar-refractivity contribution in [3.63, 3.8) is 0 Å². The third-order valence-corrected chi connectivity index (χ3v) is 2.67. The predicted molar refractivity (Wildman–Crippen MR) is 72.0 cm³/mol. The zero-order chi connectivity index (χ0) is 13.7. The van der Waals surface area contributed by atoms with Crippen LogP contribution in [0.5, 0.6) is 5.75 Å². The fraction of sp³-hybridized carbons (Fsp3) is 0.143. The van der Waals surface area contributed by atoms with Gasteiger partial charge in [0.15, 0.2) is 5.75 Å². The Morgan fingerprint density at radius 3 is 2.00 bits per heavy atom. The first-order chi connectivity index (χ1) is 9.20. The highest BCUT2D eigenvalue weighted by Gasteiger charge is 2.06. The molecular weight excluding hydrogens is 244 g/mol. The monoisotopic (exact) mass is 260 g/mol. The fourth-order valence-electron chi connectivity index (χ4n) is 1.64.